The van der Waals surface area contributed by atoms with E-state index in [0.717, 1.165) is 32.0 Å². The number of aliphatic hydroxyl groups excluding tert-OH is 4. The van der Waals surface area contributed by atoms with Gasteiger partial charge in [-0.3, -0.25) is 28.2 Å². The minimum absolute atomic E-state index is 0.0198. The molecule has 28 nitrogen and oxygen atoms in total. The highest BCUT2D eigenvalue weighted by molar-refractivity contribution is 7.61. The molecule has 11 N–H and O–H groups in total. The summed E-state index contributed by atoms with van der Waals surface area (Å²) in [4.78, 5) is 67.1. The molecule has 2 amide bonds. The number of H-pyrrole nitrogens is 1. The molecule has 4 heterocycles. The summed E-state index contributed by atoms with van der Waals surface area (Å²) >= 11 is 0. The lowest BCUT2D eigenvalue weighted by Gasteiger charge is -2.40. The third-order valence-corrected chi connectivity index (χ3v) is 13.9. The van der Waals surface area contributed by atoms with Gasteiger partial charge >= 0.3 is 21.7 Å². The Bertz CT molecular complexity index is 2180. The van der Waals surface area contributed by atoms with Crippen LogP contribution in [0.2, 0.25) is 0 Å². The van der Waals surface area contributed by atoms with Crippen LogP contribution in [0.3, 0.4) is 0 Å². The van der Waals surface area contributed by atoms with Crippen molar-refractivity contribution in [3.8, 4) is 11.8 Å². The molecule has 4 aliphatic rings. The average molecular weight is 1010 g/mol. The van der Waals surface area contributed by atoms with E-state index in [9.17, 15) is 53.7 Å². The minimum Gasteiger partial charge on any atom is -0.449 e. The maximum Gasteiger partial charge on any atom is 0.483 e. The summed E-state index contributed by atoms with van der Waals surface area (Å²) in [6.45, 7) is 1.38. The number of phosphoric acid groups is 2. The predicted octanol–water partition coefficient (Wildman–Crippen LogP) is -1.85. The molecule has 0 radical (unpaired) electrons. The maximum atomic E-state index is 12.7. The van der Waals surface area contributed by atoms with E-state index in [-0.39, 0.29) is 56.4 Å². The summed E-state index contributed by atoms with van der Waals surface area (Å²) in [5.41, 5.74) is 4.84. The summed E-state index contributed by atoms with van der Waals surface area (Å²) in [7, 11) is -11.1. The van der Waals surface area contributed by atoms with Crippen LogP contribution in [0.25, 0.3) is 11.2 Å². The van der Waals surface area contributed by atoms with Gasteiger partial charge in [0.25, 0.3) is 5.56 Å². The fourth-order valence-corrected chi connectivity index (χ4v) is 10.0. The predicted molar refractivity (Wildman–Crippen MR) is 229 cm³/mol. The van der Waals surface area contributed by atoms with Crippen molar-refractivity contribution in [3.63, 3.8) is 0 Å². The molecule has 0 aromatic carbocycles. The number of nitrogen functional groups attached to an aromatic ring is 1. The quantitative estimate of drug-likeness (QED) is 0.0267. The molecule has 2 aliphatic carbocycles. The van der Waals surface area contributed by atoms with Gasteiger partial charge in [0.1, 0.15) is 30.5 Å². The summed E-state index contributed by atoms with van der Waals surface area (Å²) in [5, 5.41) is 46.8. The zero-order chi connectivity index (χ0) is 48.8. The number of aliphatic hydroxyl groups is 4. The topological polar surface area (TPSA) is 396 Å². The number of aromatic amines is 1. The molecule has 2 aromatic rings. The van der Waals surface area contributed by atoms with Crippen molar-refractivity contribution in [3.05, 3.63) is 16.7 Å². The zero-order valence-corrected chi connectivity index (χ0v) is 38.6. The van der Waals surface area contributed by atoms with Gasteiger partial charge < -0.3 is 79.7 Å². The molecule has 2 aromatic heterocycles. The van der Waals surface area contributed by atoms with Gasteiger partial charge in [-0.05, 0) is 30.6 Å². The van der Waals surface area contributed by atoms with Gasteiger partial charge in [-0.1, -0.05) is 0 Å². The number of hydrogen-bond acceptors (Lipinski definition) is 22. The molecule has 0 spiro atoms. The minimum atomic E-state index is -5.65. The largest absolute Gasteiger partial charge is 0.483 e. The van der Waals surface area contributed by atoms with Crippen molar-refractivity contribution in [1.82, 2.24) is 30.2 Å². The average Bonchev–Trinajstić information content (AvgIpc) is 3.51. The SMILES string of the molecule is Nc1nc2c(ncn2[C@@H]2O[C@H](COP(=O)(O)OP(=O)(O)O[C@H]3OC(CNC(=O)CCOCCOCCOCCOCCNC(=O)OC[C@@H]4[C@@H]5CCC#CCC[C@@H]54)[C@@H](O)C(O)C3O)C[C@@H]2O)c(=O)[nH]1. The van der Waals surface area contributed by atoms with Crippen molar-refractivity contribution in [2.45, 2.75) is 87.7 Å². The van der Waals surface area contributed by atoms with Gasteiger partial charge in [0, 0.05) is 38.8 Å². The molecule has 5 unspecified atom stereocenters. The van der Waals surface area contributed by atoms with E-state index >= 15 is 0 Å². The molecule has 2 aliphatic heterocycles. The van der Waals surface area contributed by atoms with E-state index in [2.05, 4.69) is 41.7 Å². The number of nitrogens with one attached hydrogen (secondary N) is 3. The van der Waals surface area contributed by atoms with Crippen molar-refractivity contribution in [2.24, 2.45) is 17.8 Å². The monoisotopic (exact) mass is 1010 g/mol. The highest BCUT2D eigenvalue weighted by Gasteiger charge is 2.50. The second-order valence-corrected chi connectivity index (χ2v) is 19.1. The summed E-state index contributed by atoms with van der Waals surface area (Å²) in [6.07, 6.45) is -8.98. The van der Waals surface area contributed by atoms with Gasteiger partial charge in [-0.15, -0.1) is 11.8 Å². The van der Waals surface area contributed by atoms with Gasteiger partial charge in [0.2, 0.25) is 11.9 Å². The van der Waals surface area contributed by atoms with Crippen molar-refractivity contribution in [1.29, 1.82) is 0 Å². The molecule has 68 heavy (non-hydrogen) atoms. The summed E-state index contributed by atoms with van der Waals surface area (Å²) < 4.78 is 78.5. The van der Waals surface area contributed by atoms with E-state index in [4.69, 9.17) is 47.9 Å². The molecule has 3 fully saturated rings. The number of phosphoric ester groups is 2. The third-order valence-electron chi connectivity index (χ3n) is 11.3. The Hall–Kier alpha value is -3.69. The molecular weight excluding hydrogens is 952 g/mol. The van der Waals surface area contributed by atoms with Gasteiger partial charge in [0.05, 0.1) is 78.5 Å². The van der Waals surface area contributed by atoms with Gasteiger partial charge in [-0.25, -0.2) is 18.9 Å². The standard InChI is InChI=1S/C38H59N7O21P2/c39-37-43-33-29(34(51)44-37)42-21-45(33)35-26(46)17-22(63-35)19-62-67(53,54)66-68(55,56)65-36-32(50)31(49)30(48)27(64-36)18-41-28(47)7-9-57-11-13-59-15-16-60-14-12-58-10-8-40-38(52)61-20-25-23-5-3-1-2-4-6-24(23)25/h21-27,30-32,35-36,46,48-50H,3-20H2,(H,40,52)(H,41,47)(H,53,54)(H,55,56)(H3,39,43,44,51)/t22-,23-,24+,25-,26-,27?,30+,31?,32?,35+,36+/m0/s1. The van der Waals surface area contributed by atoms with Crippen LogP contribution < -0.4 is 21.9 Å². The molecule has 1 saturated carbocycles. The Balaban J connectivity index is 0.771. The lowest BCUT2D eigenvalue weighted by atomic mass is 9.99. The number of carbonyl (C=O) groups excluding carboxylic acids is 2. The van der Waals surface area contributed by atoms with Crippen molar-refractivity contribution >= 4 is 44.8 Å². The molecule has 2 saturated heterocycles. The lowest BCUT2D eigenvalue weighted by molar-refractivity contribution is -0.273. The van der Waals surface area contributed by atoms with Crippen LogP contribution >= 0.6 is 15.6 Å². The Morgan fingerprint density at radius 2 is 1.51 bits per heavy atom. The van der Waals surface area contributed by atoms with Crippen LogP contribution in [-0.2, 0) is 60.4 Å². The van der Waals surface area contributed by atoms with Gasteiger partial charge in [-0.2, -0.15) is 9.29 Å². The van der Waals surface area contributed by atoms with E-state index in [0.29, 0.717) is 57.3 Å². The van der Waals surface area contributed by atoms with Crippen LogP contribution in [0.4, 0.5) is 10.7 Å². The third kappa shape index (κ3) is 15.9. The molecule has 30 heteroatoms. The highest BCUT2D eigenvalue weighted by Crippen LogP contribution is 2.61. The first-order chi connectivity index (χ1) is 32.5. The fourth-order valence-electron chi connectivity index (χ4n) is 7.83. The second-order valence-electron chi connectivity index (χ2n) is 16.1. The van der Waals surface area contributed by atoms with E-state index in [1.807, 2.05) is 0 Å². The Labute approximate surface area is 388 Å². The van der Waals surface area contributed by atoms with Crippen LogP contribution in [0, 0.1) is 29.6 Å². The van der Waals surface area contributed by atoms with Crippen LogP contribution in [0.5, 0.6) is 0 Å². The maximum absolute atomic E-state index is 12.7. The Morgan fingerprint density at radius 1 is 0.868 bits per heavy atom. The number of ether oxygens (including phenoxy) is 7. The first-order valence-corrected chi connectivity index (χ1v) is 24.9. The van der Waals surface area contributed by atoms with E-state index in [1.165, 1.54) is 4.57 Å². The zero-order valence-electron chi connectivity index (χ0n) is 36.8. The molecule has 6 rings (SSSR count). The second kappa shape index (κ2) is 25.4. The Kier molecular flexibility index (Phi) is 20.1. The Morgan fingerprint density at radius 3 is 2.19 bits per heavy atom. The van der Waals surface area contributed by atoms with E-state index in [1.54, 1.807) is 0 Å². The molecule has 13 atom stereocenters. The van der Waals surface area contributed by atoms with Crippen LogP contribution in [0.15, 0.2) is 11.1 Å². The van der Waals surface area contributed by atoms with Crippen molar-refractivity contribution in [2.75, 3.05) is 84.9 Å². The number of hydrogen-bond donors (Lipinski definition) is 10. The molecule has 382 valence electrons. The van der Waals surface area contributed by atoms with Crippen LogP contribution in [0.1, 0.15) is 44.8 Å². The van der Waals surface area contributed by atoms with Gasteiger partial charge in [0.15, 0.2) is 23.7 Å². The number of aromatic nitrogens is 4. The first kappa shape index (κ1) is 53.7. The summed E-state index contributed by atoms with van der Waals surface area (Å²) in [6, 6.07) is 0. The molecule has 0 bridgehead atoms. The number of alkyl carbamates (subject to hydrolysis) is 1. The number of amides is 2. The normalized spacial score (nSPS) is 29.6. The highest BCUT2D eigenvalue weighted by atomic mass is 31.3. The van der Waals surface area contributed by atoms with Crippen molar-refractivity contribution < 1.29 is 95.4 Å². The first-order valence-electron chi connectivity index (χ1n) is 21.9. The number of rotatable bonds is 27. The number of nitrogens with two attached hydrogens (primary N) is 1. The number of anilines is 1. The smallest absolute Gasteiger partial charge is 0.449 e. The number of fused-ring (bicyclic) bond motifs is 2. The fraction of sp³-hybridized carbons (Fsp3) is 0.763. The van der Waals surface area contributed by atoms with E-state index < -0.39 is 95.5 Å². The van der Waals surface area contributed by atoms with Crippen LogP contribution in [-0.4, -0.2) is 184 Å². The number of carbonyl (C=O) groups is 2. The number of nitrogens with zero attached hydrogens (tertiary/aromatic N) is 3. The molecular formula is C38H59N7O21P2. The summed E-state index contributed by atoms with van der Waals surface area (Å²) in [5.74, 6) is 7.19. The lowest BCUT2D eigenvalue weighted by Crippen LogP contribution is -2.60. The number of imidazole rings is 1.